The molecule has 1 heterocycles. The third-order valence-corrected chi connectivity index (χ3v) is 8.41. The summed E-state index contributed by atoms with van der Waals surface area (Å²) >= 11 is 0. The molecule has 2 atom stereocenters. The summed E-state index contributed by atoms with van der Waals surface area (Å²) < 4.78 is 25.8. The van der Waals surface area contributed by atoms with Crippen LogP contribution in [0, 0.1) is 5.82 Å². The van der Waals surface area contributed by atoms with Crippen LogP contribution in [0.1, 0.15) is 78.1 Å². The van der Waals surface area contributed by atoms with E-state index in [4.69, 9.17) is 9.47 Å². The van der Waals surface area contributed by atoms with Crippen LogP contribution in [-0.2, 0) is 23.3 Å². The third-order valence-electron chi connectivity index (χ3n) is 8.41. The maximum Gasteiger partial charge on any atom is 0.251 e. The van der Waals surface area contributed by atoms with Crippen molar-refractivity contribution in [2.45, 2.75) is 76.2 Å². The van der Waals surface area contributed by atoms with Crippen molar-refractivity contribution in [1.29, 1.82) is 0 Å². The molecule has 1 fully saturated rings. The number of carbonyl (C=O) groups is 1. The van der Waals surface area contributed by atoms with Gasteiger partial charge in [-0.25, -0.2) is 4.39 Å². The maximum absolute atomic E-state index is 14.6. The molecule has 4 N–H and O–H groups in total. The molecule has 1 aliphatic carbocycles. The van der Waals surface area contributed by atoms with E-state index in [9.17, 15) is 14.3 Å². The molecule has 2 aliphatic rings. The van der Waals surface area contributed by atoms with Gasteiger partial charge in [0.1, 0.15) is 11.6 Å². The van der Waals surface area contributed by atoms with Crippen LogP contribution in [0.5, 0.6) is 5.75 Å². The molecule has 43 heavy (non-hydrogen) atoms. The second kappa shape index (κ2) is 13.9. The number of methoxy groups -OCH3 is 1. The Morgan fingerprint density at radius 3 is 2.72 bits per heavy atom. The largest absolute Gasteiger partial charge is 0.493 e. The molecule has 8 heteroatoms. The van der Waals surface area contributed by atoms with Gasteiger partial charge in [-0.1, -0.05) is 38.1 Å². The van der Waals surface area contributed by atoms with Gasteiger partial charge >= 0.3 is 0 Å². The number of anilines is 1. The Balaban J connectivity index is 1.40. The summed E-state index contributed by atoms with van der Waals surface area (Å²) in [6.07, 6.45) is 2.90. The molecule has 7 nitrogen and oxygen atoms in total. The SMILES string of the molecule is COCc1cc2cc(c1)C(=O)N[C@H]([C@H](O)CNC1(c3cccc(C(C)C)c3)CC1)Cc1cc(F)cc(c1)OCCCCN2. The Bertz CT molecular complexity index is 1410. The molecule has 3 aromatic rings. The summed E-state index contributed by atoms with van der Waals surface area (Å²) in [5.74, 6) is 0.153. The Hall–Kier alpha value is -3.46. The van der Waals surface area contributed by atoms with Gasteiger partial charge in [-0.15, -0.1) is 0 Å². The van der Waals surface area contributed by atoms with E-state index in [0.29, 0.717) is 42.6 Å². The van der Waals surface area contributed by atoms with Crippen LogP contribution in [-0.4, -0.2) is 50.0 Å². The summed E-state index contributed by atoms with van der Waals surface area (Å²) in [7, 11) is 1.62. The molecule has 230 valence electrons. The number of carbonyl (C=O) groups excluding carboxylic acids is 1. The summed E-state index contributed by atoms with van der Waals surface area (Å²) in [4.78, 5) is 13.7. The molecule has 1 aliphatic heterocycles. The number of benzene rings is 3. The van der Waals surface area contributed by atoms with Gasteiger partial charge < -0.3 is 30.5 Å². The molecule has 0 aromatic heterocycles. The highest BCUT2D eigenvalue weighted by Crippen LogP contribution is 2.46. The lowest BCUT2D eigenvalue weighted by Gasteiger charge is -2.28. The molecular weight excluding hydrogens is 545 g/mol. The third kappa shape index (κ3) is 8.13. The minimum absolute atomic E-state index is 0.191. The number of hydrogen-bond acceptors (Lipinski definition) is 6. The topological polar surface area (TPSA) is 91.9 Å². The average Bonchev–Trinajstić information content (AvgIpc) is 3.78. The highest BCUT2D eigenvalue weighted by molar-refractivity contribution is 5.95. The number of aliphatic hydroxyl groups excluding tert-OH is 1. The monoisotopic (exact) mass is 589 g/mol. The van der Waals surface area contributed by atoms with Crippen molar-refractivity contribution in [3.8, 4) is 5.75 Å². The molecule has 5 rings (SSSR count). The van der Waals surface area contributed by atoms with Crippen LogP contribution >= 0.6 is 0 Å². The van der Waals surface area contributed by atoms with E-state index in [-0.39, 0.29) is 24.4 Å². The predicted octanol–water partition coefficient (Wildman–Crippen LogP) is 5.66. The second-order valence-electron chi connectivity index (χ2n) is 12.2. The summed E-state index contributed by atoms with van der Waals surface area (Å²) in [6, 6.07) is 18.2. The van der Waals surface area contributed by atoms with Gasteiger partial charge in [-0.05, 0) is 90.6 Å². The number of amides is 1. The molecule has 4 bridgehead atoms. The minimum Gasteiger partial charge on any atom is -0.493 e. The zero-order chi connectivity index (χ0) is 30.4. The van der Waals surface area contributed by atoms with Gasteiger partial charge in [-0.2, -0.15) is 0 Å². The van der Waals surface area contributed by atoms with Crippen LogP contribution in [0.4, 0.5) is 10.1 Å². The number of hydrogen-bond donors (Lipinski definition) is 4. The van der Waals surface area contributed by atoms with Crippen molar-refractivity contribution >= 4 is 11.6 Å². The molecule has 1 saturated carbocycles. The first-order chi connectivity index (χ1) is 20.7. The zero-order valence-electron chi connectivity index (χ0n) is 25.4. The van der Waals surface area contributed by atoms with Crippen LogP contribution in [0.3, 0.4) is 0 Å². The fourth-order valence-corrected chi connectivity index (χ4v) is 5.77. The lowest BCUT2D eigenvalue weighted by atomic mass is 9.95. The van der Waals surface area contributed by atoms with Crippen LogP contribution < -0.4 is 20.7 Å². The zero-order valence-corrected chi connectivity index (χ0v) is 25.4. The fraction of sp³-hybridized carbons (Fsp3) is 0.457. The standard InChI is InChI=1S/C35H44FN3O4/c1-23(2)26-7-6-8-28(18-26)35(9-10-35)38-21-33(40)32-17-24-14-29(36)20-31(16-24)43-12-5-4-11-37-30-15-25(22-42-3)13-27(19-30)34(41)39-32/h6-8,13-16,18-20,23,32-33,37-38,40H,4-5,9-12,17,21-22H2,1-3H3,(H,39,41)/t32-,33+/m0/s1. The Kier molecular flexibility index (Phi) is 10.0. The first-order valence-electron chi connectivity index (χ1n) is 15.4. The normalized spacial score (nSPS) is 19.2. The molecule has 1 amide bonds. The predicted molar refractivity (Wildman–Crippen MR) is 167 cm³/mol. The van der Waals surface area contributed by atoms with Gasteiger partial charge in [0.25, 0.3) is 5.91 Å². The van der Waals surface area contributed by atoms with Crippen molar-refractivity contribution in [1.82, 2.24) is 10.6 Å². The van der Waals surface area contributed by atoms with Crippen molar-refractivity contribution in [2.24, 2.45) is 0 Å². The van der Waals surface area contributed by atoms with Crippen molar-refractivity contribution in [3.63, 3.8) is 0 Å². The van der Waals surface area contributed by atoms with Crippen LogP contribution in [0.15, 0.2) is 60.7 Å². The molecule has 3 aromatic carbocycles. The van der Waals surface area contributed by atoms with E-state index in [1.54, 1.807) is 13.2 Å². The molecule has 0 unspecified atom stereocenters. The Morgan fingerprint density at radius 2 is 1.95 bits per heavy atom. The Labute approximate surface area is 254 Å². The minimum atomic E-state index is -0.930. The van der Waals surface area contributed by atoms with E-state index in [1.165, 1.54) is 23.3 Å². The number of halogens is 1. The number of ether oxygens (including phenoxy) is 2. The van der Waals surface area contributed by atoms with Crippen molar-refractivity contribution < 1.29 is 23.8 Å². The van der Waals surface area contributed by atoms with Gasteiger partial charge in [0.15, 0.2) is 0 Å². The quantitative estimate of drug-likeness (QED) is 0.271. The first kappa shape index (κ1) is 31.0. The number of nitrogens with one attached hydrogen (secondary N) is 3. The van der Waals surface area contributed by atoms with Crippen LogP contribution in [0.25, 0.3) is 0 Å². The van der Waals surface area contributed by atoms with E-state index < -0.39 is 18.0 Å². The average molecular weight is 590 g/mol. The highest BCUT2D eigenvalue weighted by Gasteiger charge is 2.44. The highest BCUT2D eigenvalue weighted by atomic mass is 19.1. The van der Waals surface area contributed by atoms with Gasteiger partial charge in [-0.3, -0.25) is 4.79 Å². The second-order valence-corrected chi connectivity index (χ2v) is 12.2. The summed E-state index contributed by atoms with van der Waals surface area (Å²) in [5, 5.41) is 21.6. The van der Waals surface area contributed by atoms with Crippen LogP contribution in [0.2, 0.25) is 0 Å². The van der Waals surface area contributed by atoms with Gasteiger partial charge in [0.05, 0.1) is 25.4 Å². The number of aliphatic hydroxyl groups is 1. The van der Waals surface area contributed by atoms with Gasteiger partial charge in [0, 0.05) is 43.1 Å². The first-order valence-corrected chi connectivity index (χ1v) is 15.4. The molecule has 0 saturated heterocycles. The van der Waals surface area contributed by atoms with E-state index >= 15 is 0 Å². The van der Waals surface area contributed by atoms with E-state index in [1.807, 2.05) is 18.2 Å². The summed E-state index contributed by atoms with van der Waals surface area (Å²) in [5.41, 5.74) is 5.13. The number of rotatable bonds is 8. The molecular formula is C35H44FN3O4. The lowest BCUT2D eigenvalue weighted by Crippen LogP contribution is -2.50. The van der Waals surface area contributed by atoms with Crippen molar-refractivity contribution in [3.05, 3.63) is 94.3 Å². The van der Waals surface area contributed by atoms with Crippen molar-refractivity contribution in [2.75, 3.05) is 32.1 Å². The van der Waals surface area contributed by atoms with E-state index in [2.05, 4.69) is 54.1 Å². The molecule has 0 spiro atoms. The Morgan fingerprint density at radius 1 is 1.12 bits per heavy atom. The van der Waals surface area contributed by atoms with Gasteiger partial charge in [0.2, 0.25) is 0 Å². The summed E-state index contributed by atoms with van der Waals surface area (Å²) in [6.45, 7) is 6.17. The number of fused-ring (bicyclic) bond motifs is 4. The van der Waals surface area contributed by atoms with E-state index in [0.717, 1.165) is 36.9 Å². The fourth-order valence-electron chi connectivity index (χ4n) is 5.77. The maximum atomic E-state index is 14.6. The molecule has 0 radical (unpaired) electrons. The lowest BCUT2D eigenvalue weighted by molar-refractivity contribution is 0.0821. The smallest absolute Gasteiger partial charge is 0.251 e.